The third kappa shape index (κ3) is 4.18. The number of hydrogen-bond donors (Lipinski definition) is 1. The molecule has 1 N–H and O–H groups in total. The first-order valence-electron chi connectivity index (χ1n) is 8.04. The lowest BCUT2D eigenvalue weighted by atomic mass is 10.0. The average molecular weight is 309 g/mol. The van der Waals surface area contributed by atoms with Crippen LogP contribution in [0.3, 0.4) is 0 Å². The summed E-state index contributed by atoms with van der Waals surface area (Å²) < 4.78 is 5.54. The first-order valence-corrected chi connectivity index (χ1v) is 8.04. The van der Waals surface area contributed by atoms with Crippen molar-refractivity contribution >= 4 is 0 Å². The van der Waals surface area contributed by atoms with Crippen LogP contribution in [0, 0.1) is 0 Å². The Labute approximate surface area is 137 Å². The average Bonchev–Trinajstić information content (AvgIpc) is 2.62. The predicted molar refractivity (Wildman–Crippen MR) is 92.4 cm³/mol. The van der Waals surface area contributed by atoms with Gasteiger partial charge in [-0.1, -0.05) is 30.9 Å². The van der Waals surface area contributed by atoms with Gasteiger partial charge >= 0.3 is 0 Å². The Morgan fingerprint density at radius 3 is 2.91 bits per heavy atom. The zero-order valence-electron chi connectivity index (χ0n) is 13.3. The number of piperazine rings is 1. The number of ether oxygens (including phenoxy) is 1. The second-order valence-corrected chi connectivity index (χ2v) is 5.72. The molecule has 2 heterocycles. The Kier molecular flexibility index (Phi) is 5.40. The molecule has 2 aromatic rings. The summed E-state index contributed by atoms with van der Waals surface area (Å²) in [6.45, 7) is 8.17. The van der Waals surface area contributed by atoms with Gasteiger partial charge in [0.15, 0.2) is 0 Å². The third-order valence-electron chi connectivity index (χ3n) is 4.10. The number of aromatic nitrogens is 1. The lowest BCUT2D eigenvalue weighted by Crippen LogP contribution is -2.45. The van der Waals surface area contributed by atoms with Gasteiger partial charge in [-0.2, -0.15) is 0 Å². The molecule has 0 saturated carbocycles. The molecule has 23 heavy (non-hydrogen) atoms. The van der Waals surface area contributed by atoms with E-state index < -0.39 is 0 Å². The molecule has 1 atom stereocenters. The number of pyridine rings is 1. The molecule has 0 radical (unpaired) electrons. The molecular formula is C19H23N3O. The summed E-state index contributed by atoms with van der Waals surface area (Å²) in [6, 6.07) is 12.9. The molecule has 1 aliphatic heterocycles. The molecule has 1 aliphatic rings. The minimum Gasteiger partial charge on any atom is -0.490 e. The van der Waals surface area contributed by atoms with E-state index in [2.05, 4.69) is 40.0 Å². The van der Waals surface area contributed by atoms with Crippen LogP contribution in [0.1, 0.15) is 17.2 Å². The molecule has 4 heteroatoms. The fourth-order valence-corrected chi connectivity index (χ4v) is 2.92. The molecule has 1 aromatic heterocycles. The van der Waals surface area contributed by atoms with Gasteiger partial charge in [-0.15, -0.1) is 0 Å². The Morgan fingerprint density at radius 2 is 2.17 bits per heavy atom. The van der Waals surface area contributed by atoms with E-state index in [1.807, 2.05) is 30.6 Å². The first kappa shape index (κ1) is 15.7. The highest BCUT2D eigenvalue weighted by atomic mass is 16.5. The summed E-state index contributed by atoms with van der Waals surface area (Å²) in [5.74, 6) is 0.887. The predicted octanol–water partition coefficient (Wildman–Crippen LogP) is 2.79. The summed E-state index contributed by atoms with van der Waals surface area (Å²) in [4.78, 5) is 6.77. The number of benzene rings is 1. The fourth-order valence-electron chi connectivity index (χ4n) is 2.92. The first-order chi connectivity index (χ1) is 11.4. The maximum atomic E-state index is 5.54. The second-order valence-electron chi connectivity index (χ2n) is 5.72. The lowest BCUT2D eigenvalue weighted by Gasteiger charge is -2.36. The van der Waals surface area contributed by atoms with Crippen molar-refractivity contribution in [3.05, 3.63) is 72.6 Å². The molecule has 1 aromatic carbocycles. The number of hydrogen-bond acceptors (Lipinski definition) is 4. The highest BCUT2D eigenvalue weighted by Gasteiger charge is 2.23. The molecule has 1 unspecified atom stereocenters. The highest BCUT2D eigenvalue weighted by molar-refractivity contribution is 5.28. The van der Waals surface area contributed by atoms with E-state index in [1.165, 1.54) is 11.1 Å². The third-order valence-corrected chi connectivity index (χ3v) is 4.10. The van der Waals surface area contributed by atoms with Crippen molar-refractivity contribution in [3.8, 4) is 5.75 Å². The van der Waals surface area contributed by atoms with Gasteiger partial charge in [0.2, 0.25) is 0 Å². The van der Waals surface area contributed by atoms with Crippen LogP contribution in [-0.2, 0) is 6.54 Å². The minimum atomic E-state index is 0.370. The topological polar surface area (TPSA) is 37.4 Å². The Morgan fingerprint density at radius 1 is 1.30 bits per heavy atom. The molecule has 1 saturated heterocycles. The van der Waals surface area contributed by atoms with Gasteiger partial charge in [0.05, 0.1) is 0 Å². The van der Waals surface area contributed by atoms with Crippen LogP contribution in [0.15, 0.2) is 61.4 Å². The molecule has 120 valence electrons. The van der Waals surface area contributed by atoms with E-state index in [0.717, 1.165) is 31.9 Å². The largest absolute Gasteiger partial charge is 0.490 e. The van der Waals surface area contributed by atoms with Crippen LogP contribution in [0.2, 0.25) is 0 Å². The normalized spacial score (nSPS) is 18.5. The van der Waals surface area contributed by atoms with E-state index in [1.54, 1.807) is 6.08 Å². The van der Waals surface area contributed by atoms with Crippen LogP contribution in [-0.4, -0.2) is 36.1 Å². The van der Waals surface area contributed by atoms with Crippen LogP contribution < -0.4 is 10.1 Å². The summed E-state index contributed by atoms with van der Waals surface area (Å²) in [5, 5.41) is 3.48. The molecule has 4 nitrogen and oxygen atoms in total. The molecule has 1 fully saturated rings. The van der Waals surface area contributed by atoms with E-state index in [9.17, 15) is 0 Å². The van der Waals surface area contributed by atoms with Crippen LogP contribution in [0.25, 0.3) is 0 Å². The van der Waals surface area contributed by atoms with E-state index in [-0.39, 0.29) is 0 Å². The standard InChI is InChI=1S/C19H23N3O/c1-2-12-23-18-7-5-16(6-8-18)15-22-11-10-21-14-19(22)17-4-3-9-20-13-17/h2-9,13,19,21H,1,10-12,14-15H2. The molecule has 0 amide bonds. The lowest BCUT2D eigenvalue weighted by molar-refractivity contribution is 0.153. The minimum absolute atomic E-state index is 0.370. The zero-order chi connectivity index (χ0) is 15.9. The summed E-state index contributed by atoms with van der Waals surface area (Å²) in [7, 11) is 0. The summed E-state index contributed by atoms with van der Waals surface area (Å²) in [5.41, 5.74) is 2.57. The van der Waals surface area contributed by atoms with Crippen molar-refractivity contribution in [3.63, 3.8) is 0 Å². The van der Waals surface area contributed by atoms with Gasteiger partial charge in [-0.05, 0) is 29.3 Å². The van der Waals surface area contributed by atoms with Gasteiger partial charge in [0, 0.05) is 44.6 Å². The van der Waals surface area contributed by atoms with Crippen molar-refractivity contribution in [2.75, 3.05) is 26.2 Å². The molecule has 0 aliphatic carbocycles. The summed E-state index contributed by atoms with van der Waals surface area (Å²) >= 11 is 0. The maximum Gasteiger partial charge on any atom is 0.119 e. The molecule has 3 rings (SSSR count). The van der Waals surface area contributed by atoms with Crippen LogP contribution >= 0.6 is 0 Å². The molecular weight excluding hydrogens is 286 g/mol. The fraction of sp³-hybridized carbons (Fsp3) is 0.316. The van der Waals surface area contributed by atoms with E-state index >= 15 is 0 Å². The van der Waals surface area contributed by atoms with Crippen molar-refractivity contribution < 1.29 is 4.74 Å². The second kappa shape index (κ2) is 7.90. The van der Waals surface area contributed by atoms with Crippen molar-refractivity contribution in [2.45, 2.75) is 12.6 Å². The smallest absolute Gasteiger partial charge is 0.119 e. The van der Waals surface area contributed by atoms with Gasteiger partial charge in [-0.25, -0.2) is 0 Å². The van der Waals surface area contributed by atoms with E-state index in [0.29, 0.717) is 12.6 Å². The molecule has 0 spiro atoms. The van der Waals surface area contributed by atoms with Crippen LogP contribution in [0.5, 0.6) is 5.75 Å². The molecule has 0 bridgehead atoms. The van der Waals surface area contributed by atoms with E-state index in [4.69, 9.17) is 4.74 Å². The Hall–Kier alpha value is -2.17. The van der Waals surface area contributed by atoms with Gasteiger partial charge in [0.25, 0.3) is 0 Å². The number of nitrogens with zero attached hydrogens (tertiary/aromatic N) is 2. The monoisotopic (exact) mass is 309 g/mol. The highest BCUT2D eigenvalue weighted by Crippen LogP contribution is 2.24. The van der Waals surface area contributed by atoms with Gasteiger partial charge in [-0.3, -0.25) is 9.88 Å². The van der Waals surface area contributed by atoms with Gasteiger partial charge < -0.3 is 10.1 Å². The quantitative estimate of drug-likeness (QED) is 0.833. The number of nitrogens with one attached hydrogen (secondary N) is 1. The zero-order valence-corrected chi connectivity index (χ0v) is 13.3. The summed E-state index contributed by atoms with van der Waals surface area (Å²) in [6.07, 6.45) is 5.55. The van der Waals surface area contributed by atoms with Gasteiger partial charge in [0.1, 0.15) is 12.4 Å². The maximum absolute atomic E-state index is 5.54. The SMILES string of the molecule is C=CCOc1ccc(CN2CCNCC2c2cccnc2)cc1. The van der Waals surface area contributed by atoms with Crippen LogP contribution in [0.4, 0.5) is 0 Å². The number of rotatable bonds is 6. The van der Waals surface area contributed by atoms with Crippen molar-refractivity contribution in [2.24, 2.45) is 0 Å². The van der Waals surface area contributed by atoms with Crippen molar-refractivity contribution in [1.82, 2.24) is 15.2 Å². The Bertz CT molecular complexity index is 612. The van der Waals surface area contributed by atoms with Crippen molar-refractivity contribution in [1.29, 1.82) is 0 Å². The Balaban J connectivity index is 1.68.